The molecule has 0 bridgehead atoms. The second-order valence-corrected chi connectivity index (χ2v) is 5.60. The highest BCUT2D eigenvalue weighted by Crippen LogP contribution is 2.45. The van der Waals surface area contributed by atoms with Crippen LogP contribution in [0.4, 0.5) is 22.0 Å². The maximum atomic E-state index is 14.4. The van der Waals surface area contributed by atoms with Gasteiger partial charge in [0, 0.05) is 12.1 Å². The third-order valence-corrected chi connectivity index (χ3v) is 3.86. The molecule has 25 heavy (non-hydrogen) atoms. The third-order valence-electron chi connectivity index (χ3n) is 3.60. The van der Waals surface area contributed by atoms with Crippen LogP contribution in [0, 0.1) is 11.6 Å². The first-order valence-electron chi connectivity index (χ1n) is 7.08. The Hall–Kier alpha value is -1.94. The highest BCUT2D eigenvalue weighted by molar-refractivity contribution is 6.28. The van der Waals surface area contributed by atoms with E-state index in [1.54, 1.807) is 0 Å². The van der Waals surface area contributed by atoms with Gasteiger partial charge in [0.25, 0.3) is 0 Å². The van der Waals surface area contributed by atoms with Crippen LogP contribution in [0.5, 0.6) is 5.75 Å². The molecule has 2 N–H and O–H groups in total. The second-order valence-electron chi connectivity index (χ2n) is 5.26. The monoisotopic (exact) mass is 384 g/mol. The van der Waals surface area contributed by atoms with Crippen molar-refractivity contribution in [1.29, 1.82) is 0 Å². The van der Waals surface area contributed by atoms with Gasteiger partial charge in [-0.25, -0.2) is 18.4 Å². The molecule has 2 aromatic rings. The number of nitrogens with zero attached hydrogens (tertiary/aromatic N) is 3. The van der Waals surface area contributed by atoms with Gasteiger partial charge in [0.05, 0.1) is 12.2 Å². The molecule has 0 saturated heterocycles. The fourth-order valence-electron chi connectivity index (χ4n) is 2.27. The van der Waals surface area contributed by atoms with E-state index in [4.69, 9.17) is 22.1 Å². The maximum Gasteiger partial charge on any atom is 0.417 e. The Morgan fingerprint density at radius 3 is 2.28 bits per heavy atom. The minimum atomic E-state index is -5.12. The zero-order valence-corrected chi connectivity index (χ0v) is 13.7. The first kappa shape index (κ1) is 19.4. The molecular weight excluding hydrogens is 371 g/mol. The summed E-state index contributed by atoms with van der Waals surface area (Å²) in [5, 5.41) is 2.71. The Bertz CT molecular complexity index is 728. The van der Waals surface area contributed by atoms with Crippen molar-refractivity contribution < 1.29 is 26.7 Å². The summed E-state index contributed by atoms with van der Waals surface area (Å²) >= 11 is 5.61. The van der Waals surface area contributed by atoms with Gasteiger partial charge in [0.1, 0.15) is 23.7 Å². The molecule has 0 fully saturated rings. The van der Waals surface area contributed by atoms with Gasteiger partial charge in [0.15, 0.2) is 5.54 Å². The van der Waals surface area contributed by atoms with Crippen LogP contribution in [0.15, 0.2) is 18.5 Å². The van der Waals surface area contributed by atoms with E-state index in [2.05, 4.69) is 10.1 Å². The molecule has 1 heterocycles. The fraction of sp³-hybridized carbons (Fsp3) is 0.429. The molecule has 11 heteroatoms. The van der Waals surface area contributed by atoms with Crippen molar-refractivity contribution in [3.05, 3.63) is 40.9 Å². The van der Waals surface area contributed by atoms with Gasteiger partial charge >= 0.3 is 6.18 Å². The van der Waals surface area contributed by atoms with Crippen LogP contribution in [-0.4, -0.2) is 34.1 Å². The van der Waals surface area contributed by atoms with Crippen LogP contribution in [0.1, 0.15) is 18.9 Å². The molecule has 1 aromatic heterocycles. The van der Waals surface area contributed by atoms with Crippen molar-refractivity contribution in [2.24, 2.45) is 5.73 Å². The number of hydrogen-bond donors (Lipinski definition) is 1. The molecule has 0 spiro atoms. The van der Waals surface area contributed by atoms with Crippen molar-refractivity contribution in [2.45, 2.75) is 25.1 Å². The van der Waals surface area contributed by atoms with Crippen LogP contribution >= 0.6 is 11.6 Å². The second kappa shape index (κ2) is 7.12. The van der Waals surface area contributed by atoms with Gasteiger partial charge in [0.2, 0.25) is 5.28 Å². The summed E-state index contributed by atoms with van der Waals surface area (Å²) in [6.07, 6.45) is -3.94. The number of hydrogen-bond acceptors (Lipinski definition) is 4. The van der Waals surface area contributed by atoms with Crippen LogP contribution < -0.4 is 10.5 Å². The lowest BCUT2D eigenvalue weighted by Gasteiger charge is -2.33. The third kappa shape index (κ3) is 3.54. The Labute approximate surface area is 144 Å². The van der Waals surface area contributed by atoms with Crippen LogP contribution in [0.3, 0.4) is 0 Å². The van der Waals surface area contributed by atoms with Gasteiger partial charge in [-0.05, 0) is 31.5 Å². The van der Waals surface area contributed by atoms with Crippen molar-refractivity contribution in [2.75, 3.05) is 13.2 Å². The molecule has 0 amide bonds. The van der Waals surface area contributed by atoms with Crippen LogP contribution in [0.2, 0.25) is 5.28 Å². The lowest BCUT2D eigenvalue weighted by atomic mass is 9.90. The lowest BCUT2D eigenvalue weighted by Crippen LogP contribution is -2.48. The molecule has 0 radical (unpaired) electrons. The minimum absolute atomic E-state index is 0.0696. The molecule has 0 aliphatic heterocycles. The lowest BCUT2D eigenvalue weighted by molar-refractivity contribution is -0.199. The normalized spacial score (nSPS) is 14.4. The Morgan fingerprint density at radius 1 is 1.24 bits per heavy atom. The molecule has 138 valence electrons. The first-order chi connectivity index (χ1) is 11.6. The Kier molecular flexibility index (Phi) is 5.52. The van der Waals surface area contributed by atoms with E-state index in [1.807, 2.05) is 0 Å². The molecule has 5 nitrogen and oxygen atoms in total. The van der Waals surface area contributed by atoms with Gasteiger partial charge in [-0.1, -0.05) is 0 Å². The van der Waals surface area contributed by atoms with Gasteiger partial charge in [-0.2, -0.15) is 18.3 Å². The SMILES string of the molecule is C[C@@](c1c(F)cc(OCCCN)cc1F)(n1ncnc1Cl)C(F)(F)F. The van der Waals surface area contributed by atoms with Gasteiger partial charge < -0.3 is 10.5 Å². The van der Waals surface area contributed by atoms with E-state index in [-0.39, 0.29) is 17.0 Å². The zero-order valence-electron chi connectivity index (χ0n) is 12.9. The minimum Gasteiger partial charge on any atom is -0.493 e. The number of alkyl halides is 3. The smallest absolute Gasteiger partial charge is 0.417 e. The number of ether oxygens (including phenoxy) is 1. The molecule has 1 atom stereocenters. The molecule has 0 saturated carbocycles. The summed E-state index contributed by atoms with van der Waals surface area (Å²) in [6, 6.07) is 1.34. The van der Waals surface area contributed by atoms with E-state index < -0.39 is 34.2 Å². The van der Waals surface area contributed by atoms with E-state index in [0.717, 1.165) is 6.33 Å². The molecule has 1 aromatic carbocycles. The zero-order chi connectivity index (χ0) is 18.8. The Balaban J connectivity index is 2.58. The van der Waals surface area contributed by atoms with Crippen molar-refractivity contribution in [3.8, 4) is 5.75 Å². The number of rotatable bonds is 6. The summed E-state index contributed by atoms with van der Waals surface area (Å²) in [6.45, 7) is 0.921. The number of aromatic nitrogens is 3. The van der Waals surface area contributed by atoms with Crippen molar-refractivity contribution in [3.63, 3.8) is 0 Å². The molecule has 0 aliphatic carbocycles. The van der Waals surface area contributed by atoms with E-state index in [0.29, 0.717) is 32.0 Å². The average molecular weight is 385 g/mol. The molecular formula is C14H14ClF5N4O. The number of benzene rings is 1. The largest absolute Gasteiger partial charge is 0.493 e. The fourth-order valence-corrected chi connectivity index (χ4v) is 2.52. The molecule has 0 aliphatic rings. The van der Waals surface area contributed by atoms with E-state index >= 15 is 0 Å². The van der Waals surface area contributed by atoms with Gasteiger partial charge in [-0.3, -0.25) is 0 Å². The summed E-state index contributed by atoms with van der Waals surface area (Å²) < 4.78 is 75.3. The van der Waals surface area contributed by atoms with E-state index in [9.17, 15) is 22.0 Å². The number of halogens is 6. The summed E-state index contributed by atoms with van der Waals surface area (Å²) in [5.74, 6) is -3.15. The highest BCUT2D eigenvalue weighted by Gasteiger charge is 2.58. The molecule has 0 unspecified atom stereocenters. The topological polar surface area (TPSA) is 66.0 Å². The molecule has 2 rings (SSSR count). The predicted octanol–water partition coefficient (Wildman–Crippen LogP) is 3.26. The first-order valence-corrected chi connectivity index (χ1v) is 7.45. The average Bonchev–Trinajstić information content (AvgIpc) is 2.92. The quantitative estimate of drug-likeness (QED) is 0.613. The van der Waals surface area contributed by atoms with Crippen LogP contribution in [-0.2, 0) is 5.54 Å². The standard InChI is InChI=1S/C14H14ClF5N4O/c1-13(14(18,19)20,24-12(15)22-7-23-24)11-9(16)5-8(6-10(11)17)25-4-2-3-21/h5-7H,2-4,21H2,1H3/t13-/m0/s1. The van der Waals surface area contributed by atoms with Crippen molar-refractivity contribution >= 4 is 11.6 Å². The highest BCUT2D eigenvalue weighted by atomic mass is 35.5. The summed E-state index contributed by atoms with van der Waals surface area (Å²) in [7, 11) is 0. The van der Waals surface area contributed by atoms with Crippen LogP contribution in [0.25, 0.3) is 0 Å². The summed E-state index contributed by atoms with van der Waals surface area (Å²) in [5.41, 5.74) is 0.800. The summed E-state index contributed by atoms with van der Waals surface area (Å²) in [4.78, 5) is 3.38. The maximum absolute atomic E-state index is 14.4. The predicted molar refractivity (Wildman–Crippen MR) is 79.4 cm³/mol. The Morgan fingerprint density at radius 2 is 1.84 bits per heavy atom. The van der Waals surface area contributed by atoms with Crippen molar-refractivity contribution in [1.82, 2.24) is 14.8 Å². The number of nitrogens with two attached hydrogens (primary N) is 1. The van der Waals surface area contributed by atoms with E-state index in [1.165, 1.54) is 0 Å². The van der Waals surface area contributed by atoms with Gasteiger partial charge in [-0.15, -0.1) is 0 Å².